The first kappa shape index (κ1) is 15.5. The standard InChI is InChI=1S/C10H8O4.C6H13N/c11-9-7-1-2-8(4-3-7)10(12)14-6-5-13-9;7-6-4-2-1-3-5-6/h1-4H,5-6H2;6H,1-5,7H2. The van der Waals surface area contributed by atoms with E-state index in [1.807, 2.05) is 0 Å². The molecule has 0 radical (unpaired) electrons. The largest absolute Gasteiger partial charge is 0.458 e. The van der Waals surface area contributed by atoms with Gasteiger partial charge in [-0.3, -0.25) is 0 Å². The quantitative estimate of drug-likeness (QED) is 0.742. The molecule has 1 saturated carbocycles. The van der Waals surface area contributed by atoms with Crippen LogP contribution >= 0.6 is 0 Å². The van der Waals surface area contributed by atoms with Crippen molar-refractivity contribution in [2.24, 2.45) is 5.73 Å². The zero-order valence-electron chi connectivity index (χ0n) is 12.0. The molecule has 1 aromatic carbocycles. The van der Waals surface area contributed by atoms with Crippen molar-refractivity contribution in [3.8, 4) is 0 Å². The molecule has 5 heteroatoms. The monoisotopic (exact) mass is 291 g/mol. The predicted octanol–water partition coefficient (Wildman–Crippen LogP) is 2.29. The molecule has 0 aromatic heterocycles. The van der Waals surface area contributed by atoms with E-state index in [2.05, 4.69) is 0 Å². The van der Waals surface area contributed by atoms with Crippen molar-refractivity contribution in [1.29, 1.82) is 0 Å². The summed E-state index contributed by atoms with van der Waals surface area (Å²) in [6.07, 6.45) is 6.66. The summed E-state index contributed by atoms with van der Waals surface area (Å²) in [7, 11) is 0. The number of rotatable bonds is 0. The van der Waals surface area contributed by atoms with Crippen molar-refractivity contribution in [3.05, 3.63) is 35.4 Å². The van der Waals surface area contributed by atoms with E-state index in [1.54, 1.807) is 24.3 Å². The summed E-state index contributed by atoms with van der Waals surface area (Å²) in [4.78, 5) is 22.5. The minimum absolute atomic E-state index is 0.100. The summed E-state index contributed by atoms with van der Waals surface area (Å²) in [5.41, 5.74) is 6.53. The second-order valence-corrected chi connectivity index (χ2v) is 5.25. The molecule has 0 spiro atoms. The topological polar surface area (TPSA) is 78.6 Å². The fourth-order valence-corrected chi connectivity index (χ4v) is 2.31. The SMILES string of the molecule is NC1CCCCC1.O=C1OCCOC(=O)c2ccc1cc2. The number of hydrogen-bond acceptors (Lipinski definition) is 5. The molecular weight excluding hydrogens is 270 g/mol. The van der Waals surface area contributed by atoms with E-state index in [1.165, 1.54) is 32.1 Å². The van der Waals surface area contributed by atoms with Crippen LogP contribution in [0, 0.1) is 0 Å². The molecule has 2 aliphatic heterocycles. The van der Waals surface area contributed by atoms with Gasteiger partial charge in [0.25, 0.3) is 0 Å². The number of nitrogens with two attached hydrogens (primary N) is 1. The van der Waals surface area contributed by atoms with Crippen LogP contribution in [0.5, 0.6) is 0 Å². The minimum Gasteiger partial charge on any atom is -0.458 e. The third kappa shape index (κ3) is 4.86. The zero-order chi connectivity index (χ0) is 15.1. The maximum absolute atomic E-state index is 11.3. The molecule has 2 N–H and O–H groups in total. The lowest BCUT2D eigenvalue weighted by atomic mass is 9.97. The van der Waals surface area contributed by atoms with Gasteiger partial charge >= 0.3 is 11.9 Å². The fraction of sp³-hybridized carbons (Fsp3) is 0.500. The Morgan fingerprint density at radius 2 is 1.24 bits per heavy atom. The summed E-state index contributed by atoms with van der Waals surface area (Å²) in [6, 6.07) is 6.72. The van der Waals surface area contributed by atoms with Crippen LogP contribution in [-0.2, 0) is 9.47 Å². The minimum atomic E-state index is -0.394. The van der Waals surface area contributed by atoms with Crippen molar-refractivity contribution in [1.82, 2.24) is 0 Å². The van der Waals surface area contributed by atoms with Gasteiger partial charge in [-0.15, -0.1) is 0 Å². The molecule has 4 rings (SSSR count). The lowest BCUT2D eigenvalue weighted by Crippen LogP contribution is -2.22. The van der Waals surface area contributed by atoms with Crippen molar-refractivity contribution in [3.63, 3.8) is 0 Å². The van der Waals surface area contributed by atoms with Crippen LogP contribution in [0.25, 0.3) is 0 Å². The van der Waals surface area contributed by atoms with E-state index in [4.69, 9.17) is 15.2 Å². The first-order valence-corrected chi connectivity index (χ1v) is 7.37. The molecule has 2 bridgehead atoms. The average molecular weight is 291 g/mol. The molecule has 0 saturated heterocycles. The van der Waals surface area contributed by atoms with E-state index in [9.17, 15) is 9.59 Å². The highest BCUT2D eigenvalue weighted by atomic mass is 16.6. The molecule has 2 heterocycles. The van der Waals surface area contributed by atoms with Crippen LogP contribution in [0.15, 0.2) is 24.3 Å². The van der Waals surface area contributed by atoms with Crippen LogP contribution in [-0.4, -0.2) is 31.2 Å². The molecule has 3 aliphatic rings. The number of carbonyl (C=O) groups excluding carboxylic acids is 2. The van der Waals surface area contributed by atoms with Gasteiger partial charge in [0.2, 0.25) is 0 Å². The summed E-state index contributed by atoms with van der Waals surface area (Å²) < 4.78 is 9.66. The van der Waals surface area contributed by atoms with Gasteiger partial charge in [-0.2, -0.15) is 0 Å². The van der Waals surface area contributed by atoms with E-state index < -0.39 is 11.9 Å². The normalized spacial score (nSPS) is 19.1. The Hall–Kier alpha value is -1.88. The van der Waals surface area contributed by atoms with E-state index in [-0.39, 0.29) is 13.2 Å². The highest BCUT2D eigenvalue weighted by Gasteiger charge is 2.13. The molecular formula is C16H21NO4. The Morgan fingerprint density at radius 3 is 1.57 bits per heavy atom. The molecule has 1 aromatic rings. The molecule has 114 valence electrons. The second-order valence-electron chi connectivity index (χ2n) is 5.25. The molecule has 21 heavy (non-hydrogen) atoms. The third-order valence-corrected chi connectivity index (χ3v) is 3.56. The van der Waals surface area contributed by atoms with Gasteiger partial charge in [0.15, 0.2) is 0 Å². The lowest BCUT2D eigenvalue weighted by Gasteiger charge is -2.15. The number of carbonyl (C=O) groups is 2. The lowest BCUT2D eigenvalue weighted by molar-refractivity contribution is 0.0260. The van der Waals surface area contributed by atoms with Crippen LogP contribution in [0.1, 0.15) is 52.8 Å². The predicted molar refractivity (Wildman–Crippen MR) is 78.1 cm³/mol. The Balaban J connectivity index is 0.000000194. The van der Waals surface area contributed by atoms with Crippen molar-refractivity contribution >= 4 is 11.9 Å². The summed E-state index contributed by atoms with van der Waals surface area (Å²) in [5, 5.41) is 0. The van der Waals surface area contributed by atoms with Gasteiger partial charge in [0.05, 0.1) is 11.1 Å². The fourth-order valence-electron chi connectivity index (χ4n) is 2.31. The van der Waals surface area contributed by atoms with Gasteiger partial charge in [-0.05, 0) is 37.1 Å². The first-order valence-electron chi connectivity index (χ1n) is 7.37. The molecule has 0 amide bonds. The Kier molecular flexibility index (Phi) is 5.75. The third-order valence-electron chi connectivity index (χ3n) is 3.56. The van der Waals surface area contributed by atoms with Gasteiger partial charge in [-0.1, -0.05) is 19.3 Å². The molecule has 0 atom stereocenters. The Morgan fingerprint density at radius 1 is 0.810 bits per heavy atom. The molecule has 5 nitrogen and oxygen atoms in total. The zero-order valence-corrected chi connectivity index (χ0v) is 12.0. The Bertz CT molecular complexity index is 441. The van der Waals surface area contributed by atoms with Crippen molar-refractivity contribution < 1.29 is 19.1 Å². The van der Waals surface area contributed by atoms with E-state index >= 15 is 0 Å². The Labute approximate surface area is 124 Å². The smallest absolute Gasteiger partial charge is 0.338 e. The molecule has 1 fully saturated rings. The van der Waals surface area contributed by atoms with Crippen LogP contribution in [0.2, 0.25) is 0 Å². The van der Waals surface area contributed by atoms with Crippen molar-refractivity contribution in [2.45, 2.75) is 38.1 Å². The van der Waals surface area contributed by atoms with Gasteiger partial charge in [0, 0.05) is 6.04 Å². The maximum atomic E-state index is 11.3. The number of benzene rings is 1. The summed E-state index contributed by atoms with van der Waals surface area (Å²) in [5.74, 6) is -0.788. The van der Waals surface area contributed by atoms with Crippen molar-refractivity contribution in [2.75, 3.05) is 13.2 Å². The second kappa shape index (κ2) is 7.78. The highest BCUT2D eigenvalue weighted by Crippen LogP contribution is 2.14. The average Bonchev–Trinajstić information content (AvgIpc) is 2.52. The number of ether oxygens (including phenoxy) is 2. The number of fused-ring (bicyclic) bond motifs is 7. The highest BCUT2D eigenvalue weighted by molar-refractivity contribution is 5.93. The molecule has 1 aliphatic carbocycles. The maximum Gasteiger partial charge on any atom is 0.338 e. The number of hydrogen-bond donors (Lipinski definition) is 1. The van der Waals surface area contributed by atoms with Gasteiger partial charge in [-0.25, -0.2) is 9.59 Å². The van der Waals surface area contributed by atoms with Gasteiger partial charge < -0.3 is 15.2 Å². The molecule has 0 unspecified atom stereocenters. The van der Waals surface area contributed by atoms with Crippen LogP contribution in [0.4, 0.5) is 0 Å². The van der Waals surface area contributed by atoms with Crippen LogP contribution < -0.4 is 5.73 Å². The summed E-state index contributed by atoms with van der Waals surface area (Å²) in [6.45, 7) is 0.200. The van der Waals surface area contributed by atoms with Gasteiger partial charge in [0.1, 0.15) is 13.2 Å². The van der Waals surface area contributed by atoms with E-state index in [0.29, 0.717) is 17.2 Å². The van der Waals surface area contributed by atoms with E-state index in [0.717, 1.165) is 0 Å². The number of esters is 2. The first-order chi connectivity index (χ1) is 10.2. The van der Waals surface area contributed by atoms with Crippen LogP contribution in [0.3, 0.4) is 0 Å². The summed E-state index contributed by atoms with van der Waals surface area (Å²) >= 11 is 0.